The zero-order valence-electron chi connectivity index (χ0n) is 16.1. The zero-order valence-corrected chi connectivity index (χ0v) is 16.1. The van der Waals surface area contributed by atoms with Gasteiger partial charge in [0.05, 0.1) is 0 Å². The van der Waals surface area contributed by atoms with Crippen molar-refractivity contribution in [3.63, 3.8) is 0 Å². The molecule has 4 rings (SSSR count). The van der Waals surface area contributed by atoms with Gasteiger partial charge in [-0.2, -0.15) is 0 Å². The van der Waals surface area contributed by atoms with Crippen LogP contribution in [0, 0.1) is 40.4 Å². The van der Waals surface area contributed by atoms with Gasteiger partial charge in [0.15, 0.2) is 11.4 Å². The Morgan fingerprint density at radius 3 is 2.81 bits per heavy atom. The molecule has 0 saturated heterocycles. The second-order valence-electron chi connectivity index (χ2n) is 8.98. The molecule has 0 aromatic heterocycles. The highest BCUT2D eigenvalue weighted by molar-refractivity contribution is 6.01. The van der Waals surface area contributed by atoms with Crippen molar-refractivity contribution in [2.24, 2.45) is 28.6 Å². The number of carbonyl (C=O) groups excluding carboxylic acids is 1. The van der Waals surface area contributed by atoms with Gasteiger partial charge in [0, 0.05) is 16.7 Å². The first kappa shape index (κ1) is 17.8. The molecule has 0 aromatic rings. The molecule has 4 aliphatic carbocycles. The van der Waals surface area contributed by atoms with E-state index in [9.17, 15) is 10.1 Å². The van der Waals surface area contributed by atoms with E-state index in [1.807, 2.05) is 13.0 Å². The molecule has 3 nitrogen and oxygen atoms in total. The van der Waals surface area contributed by atoms with Gasteiger partial charge in [0.25, 0.3) is 0 Å². The summed E-state index contributed by atoms with van der Waals surface area (Å²) in [5.41, 5.74) is 1.56. The summed E-state index contributed by atoms with van der Waals surface area (Å²) < 4.78 is 0. The zero-order chi connectivity index (χ0) is 18.7. The predicted molar refractivity (Wildman–Crippen MR) is 101 cm³/mol. The predicted octanol–water partition coefficient (Wildman–Crippen LogP) is 4.71. The maximum atomic E-state index is 11.9. The van der Waals surface area contributed by atoms with Crippen LogP contribution in [0.1, 0.15) is 53.4 Å². The van der Waals surface area contributed by atoms with Crippen LogP contribution in [0.2, 0.25) is 0 Å². The van der Waals surface area contributed by atoms with E-state index in [0.29, 0.717) is 11.8 Å². The summed E-state index contributed by atoms with van der Waals surface area (Å²) in [4.78, 5) is 17.0. The van der Waals surface area contributed by atoms with Crippen LogP contribution in [-0.2, 0) is 9.68 Å². The van der Waals surface area contributed by atoms with Crippen molar-refractivity contribution in [1.82, 2.24) is 0 Å². The number of rotatable bonds is 1. The second kappa shape index (κ2) is 5.68. The lowest BCUT2D eigenvalue weighted by Gasteiger charge is -2.53. The van der Waals surface area contributed by atoms with E-state index < -0.39 is 5.60 Å². The topological polar surface area (TPSA) is 46.5 Å². The highest BCUT2D eigenvalue weighted by Gasteiger charge is 2.66. The normalized spacial score (nSPS) is 46.3. The van der Waals surface area contributed by atoms with Gasteiger partial charge < -0.3 is 0 Å². The van der Waals surface area contributed by atoms with Gasteiger partial charge in [0.2, 0.25) is 0 Å². The average molecular weight is 352 g/mol. The fourth-order valence-electron chi connectivity index (χ4n) is 6.52. The van der Waals surface area contributed by atoms with Gasteiger partial charge in [-0.15, -0.1) is 5.92 Å². The van der Waals surface area contributed by atoms with Gasteiger partial charge in [-0.3, -0.25) is 10.1 Å². The van der Waals surface area contributed by atoms with Gasteiger partial charge in [-0.05, 0) is 63.5 Å². The van der Waals surface area contributed by atoms with Crippen LogP contribution >= 0.6 is 0 Å². The summed E-state index contributed by atoms with van der Waals surface area (Å²) in [5, 5.41) is 9.90. The van der Waals surface area contributed by atoms with Crippen LogP contribution in [0.15, 0.2) is 35.5 Å². The van der Waals surface area contributed by atoms with Crippen molar-refractivity contribution in [2.45, 2.75) is 59.0 Å². The van der Waals surface area contributed by atoms with Gasteiger partial charge in [0.1, 0.15) is 0 Å². The Bertz CT molecular complexity index is 807. The third-order valence-corrected chi connectivity index (χ3v) is 7.94. The van der Waals surface area contributed by atoms with Crippen LogP contribution in [0.3, 0.4) is 0 Å². The standard InChI is InChI=1S/C23H28O3/c1-5-10-23(26-25)15(2)13-20-18-7-6-16-14-17(24)8-11-21(16,3)19(18)9-12-22(20,23)4/h8-9,11,14-15,18,20,25H,6-7,12-13H2,1-4H3. The lowest BCUT2D eigenvalue weighted by molar-refractivity contribution is -0.338. The smallest absolute Gasteiger partial charge is 0.178 e. The van der Waals surface area contributed by atoms with E-state index >= 15 is 0 Å². The first-order valence-electron chi connectivity index (χ1n) is 9.73. The Hall–Kier alpha value is -1.63. The first-order valence-corrected chi connectivity index (χ1v) is 9.73. The molecule has 1 N–H and O–H groups in total. The van der Waals surface area contributed by atoms with Crippen molar-refractivity contribution in [3.8, 4) is 11.8 Å². The SMILES string of the molecule is CC#CC1(OO)C(C)CC2C3CCC4=CC(=O)C=CC4(C)C3=CCC21C. The monoisotopic (exact) mass is 352 g/mol. The van der Waals surface area contributed by atoms with Gasteiger partial charge >= 0.3 is 0 Å². The molecule has 0 heterocycles. The molecular weight excluding hydrogens is 324 g/mol. The molecule has 6 atom stereocenters. The highest BCUT2D eigenvalue weighted by Crippen LogP contribution is 2.66. The van der Waals surface area contributed by atoms with Crippen LogP contribution in [0.4, 0.5) is 0 Å². The molecule has 26 heavy (non-hydrogen) atoms. The molecule has 3 heteroatoms. The maximum Gasteiger partial charge on any atom is 0.178 e. The molecule has 2 saturated carbocycles. The van der Waals surface area contributed by atoms with E-state index in [-0.39, 0.29) is 22.5 Å². The third-order valence-electron chi connectivity index (χ3n) is 7.94. The molecule has 0 radical (unpaired) electrons. The number of allylic oxidation sites excluding steroid dienone is 6. The lowest BCUT2D eigenvalue weighted by atomic mass is 9.51. The minimum atomic E-state index is -0.802. The largest absolute Gasteiger partial charge is 0.290 e. The number of fused-ring (bicyclic) bond motifs is 5. The van der Waals surface area contributed by atoms with Crippen molar-refractivity contribution in [1.29, 1.82) is 0 Å². The molecule has 0 amide bonds. The molecule has 0 aromatic carbocycles. The molecule has 0 spiro atoms. The molecule has 138 valence electrons. The summed E-state index contributed by atoms with van der Waals surface area (Å²) in [6, 6.07) is 0. The Morgan fingerprint density at radius 2 is 2.12 bits per heavy atom. The molecule has 0 aliphatic heterocycles. The molecule has 0 bridgehead atoms. The van der Waals surface area contributed by atoms with E-state index in [0.717, 1.165) is 25.7 Å². The number of ketones is 1. The molecule has 4 aliphatic rings. The second-order valence-corrected chi connectivity index (χ2v) is 8.98. The Kier molecular flexibility index (Phi) is 3.88. The van der Waals surface area contributed by atoms with Crippen molar-refractivity contribution < 1.29 is 14.9 Å². The van der Waals surface area contributed by atoms with Crippen LogP contribution in [-0.4, -0.2) is 16.6 Å². The van der Waals surface area contributed by atoms with Crippen molar-refractivity contribution in [3.05, 3.63) is 35.5 Å². The first-order chi connectivity index (χ1) is 12.3. The van der Waals surface area contributed by atoms with Crippen LogP contribution in [0.5, 0.6) is 0 Å². The molecular formula is C23H28O3. The number of carbonyl (C=O) groups is 1. The van der Waals surface area contributed by atoms with E-state index in [2.05, 4.69) is 44.8 Å². The molecule has 2 fully saturated rings. The summed E-state index contributed by atoms with van der Waals surface area (Å²) in [6.45, 7) is 8.46. The summed E-state index contributed by atoms with van der Waals surface area (Å²) in [6.07, 6.45) is 11.9. The molecule has 6 unspecified atom stereocenters. The van der Waals surface area contributed by atoms with Gasteiger partial charge in [-0.1, -0.05) is 43.1 Å². The number of hydrogen-bond donors (Lipinski definition) is 1. The Labute approximate surface area is 156 Å². The summed E-state index contributed by atoms with van der Waals surface area (Å²) >= 11 is 0. The summed E-state index contributed by atoms with van der Waals surface area (Å²) in [7, 11) is 0. The van der Waals surface area contributed by atoms with E-state index in [1.165, 1.54) is 11.1 Å². The minimum Gasteiger partial charge on any atom is -0.290 e. The quantitative estimate of drug-likeness (QED) is 0.322. The highest BCUT2D eigenvalue weighted by atomic mass is 17.1. The lowest BCUT2D eigenvalue weighted by Crippen LogP contribution is -2.52. The van der Waals surface area contributed by atoms with Crippen molar-refractivity contribution >= 4 is 5.78 Å². The number of hydrogen-bond acceptors (Lipinski definition) is 3. The fourth-order valence-corrected chi connectivity index (χ4v) is 6.52. The van der Waals surface area contributed by atoms with E-state index in [4.69, 9.17) is 4.89 Å². The third kappa shape index (κ3) is 2.01. The van der Waals surface area contributed by atoms with Crippen LogP contribution < -0.4 is 0 Å². The fraction of sp³-hybridized carbons (Fsp3) is 0.609. The maximum absolute atomic E-state index is 11.9. The summed E-state index contributed by atoms with van der Waals surface area (Å²) in [5.74, 6) is 7.41. The van der Waals surface area contributed by atoms with Crippen LogP contribution in [0.25, 0.3) is 0 Å². The Morgan fingerprint density at radius 1 is 1.35 bits per heavy atom. The van der Waals surface area contributed by atoms with E-state index in [1.54, 1.807) is 6.08 Å². The average Bonchev–Trinajstić information content (AvgIpc) is 2.84. The van der Waals surface area contributed by atoms with Gasteiger partial charge in [-0.25, -0.2) is 4.89 Å². The minimum absolute atomic E-state index is 0.109. The van der Waals surface area contributed by atoms with Crippen molar-refractivity contribution in [2.75, 3.05) is 0 Å². The Balaban J connectivity index is 1.81.